The van der Waals surface area contributed by atoms with Gasteiger partial charge in [-0.3, -0.25) is 4.79 Å². The first-order valence-electron chi connectivity index (χ1n) is 14.6. The van der Waals surface area contributed by atoms with E-state index in [1.165, 1.54) is 14.0 Å². The van der Waals surface area contributed by atoms with Crippen molar-refractivity contribution in [2.24, 2.45) is 0 Å². The van der Waals surface area contributed by atoms with Gasteiger partial charge in [-0.1, -0.05) is 11.6 Å². The van der Waals surface area contributed by atoms with E-state index in [-0.39, 0.29) is 34.5 Å². The molecule has 2 aliphatic heterocycles. The van der Waals surface area contributed by atoms with Crippen molar-refractivity contribution in [2.45, 2.75) is 82.5 Å². The van der Waals surface area contributed by atoms with Crippen LogP contribution in [0.2, 0.25) is 0 Å². The first-order chi connectivity index (χ1) is 21.8. The Morgan fingerprint density at radius 2 is 1.65 bits per heavy atom. The second-order valence-electron chi connectivity index (χ2n) is 11.6. The lowest BCUT2D eigenvalue weighted by Gasteiger charge is -2.44. The molecule has 0 amide bonds. The van der Waals surface area contributed by atoms with Crippen molar-refractivity contribution in [3.05, 3.63) is 57.8 Å². The van der Waals surface area contributed by atoms with Crippen molar-refractivity contribution in [2.75, 3.05) is 13.7 Å². The van der Waals surface area contributed by atoms with Crippen LogP contribution in [0.15, 0.2) is 51.2 Å². The number of phenols is 2. The van der Waals surface area contributed by atoms with Gasteiger partial charge in [-0.2, -0.15) is 0 Å². The topological polar surface area (TPSA) is 218 Å². The third kappa shape index (κ3) is 6.43. The zero-order valence-corrected chi connectivity index (χ0v) is 25.6. The molecule has 7 N–H and O–H groups in total. The van der Waals surface area contributed by atoms with Gasteiger partial charge in [-0.25, -0.2) is 0 Å². The van der Waals surface area contributed by atoms with Crippen molar-refractivity contribution in [3.63, 3.8) is 0 Å². The maximum Gasteiger partial charge on any atom is 0.239 e. The average molecular weight is 647 g/mol. The number of ether oxygens (including phenoxy) is 5. The summed E-state index contributed by atoms with van der Waals surface area (Å²) < 4.78 is 34.5. The lowest BCUT2D eigenvalue weighted by atomic mass is 9.99. The number of aliphatic hydroxyl groups is 5. The molecule has 0 spiro atoms. The molecular weight excluding hydrogens is 608 g/mol. The predicted octanol–water partition coefficient (Wildman–Crippen LogP) is 1.06. The van der Waals surface area contributed by atoms with Crippen LogP contribution in [0.5, 0.6) is 23.0 Å². The van der Waals surface area contributed by atoms with Gasteiger partial charge in [0.15, 0.2) is 18.2 Å². The lowest BCUT2D eigenvalue weighted by Crippen LogP contribution is -2.62. The molecule has 1 aromatic heterocycles. The van der Waals surface area contributed by atoms with Crippen LogP contribution < -0.4 is 14.9 Å². The van der Waals surface area contributed by atoms with Crippen LogP contribution in [0.25, 0.3) is 22.3 Å². The highest BCUT2D eigenvalue weighted by molar-refractivity contribution is 5.91. The van der Waals surface area contributed by atoms with Gasteiger partial charge < -0.3 is 63.8 Å². The summed E-state index contributed by atoms with van der Waals surface area (Å²) in [5.74, 6) is -0.982. The van der Waals surface area contributed by atoms with E-state index < -0.39 is 78.8 Å². The van der Waals surface area contributed by atoms with Crippen molar-refractivity contribution < 1.29 is 63.8 Å². The fourth-order valence-corrected chi connectivity index (χ4v) is 5.32. The molecule has 9 atom stereocenters. The molecule has 46 heavy (non-hydrogen) atoms. The molecule has 0 bridgehead atoms. The molecule has 5 rings (SSSR count). The molecule has 3 aromatic rings. The summed E-state index contributed by atoms with van der Waals surface area (Å²) in [6.45, 7) is 4.76. The molecule has 0 saturated carbocycles. The SMILES string of the molecule is COc1ccc(-c2oc3c(CC=C(C)C)c(O)cc(O)c3c(=O)c2OC2OC(C)C(O)C(O)C2OC2OCC(O)C(O)C2O)cc1. The smallest absolute Gasteiger partial charge is 0.239 e. The van der Waals surface area contributed by atoms with Gasteiger partial charge in [-0.15, -0.1) is 0 Å². The number of rotatable bonds is 8. The molecule has 2 fully saturated rings. The normalized spacial score (nSPS) is 29.8. The minimum Gasteiger partial charge on any atom is -0.507 e. The number of hydrogen-bond donors (Lipinski definition) is 7. The van der Waals surface area contributed by atoms with Crippen LogP contribution in [0.3, 0.4) is 0 Å². The lowest BCUT2D eigenvalue weighted by molar-refractivity contribution is -0.341. The van der Waals surface area contributed by atoms with Crippen molar-refractivity contribution in [3.8, 4) is 34.3 Å². The summed E-state index contributed by atoms with van der Waals surface area (Å²) in [5, 5.41) is 73.3. The second-order valence-corrected chi connectivity index (χ2v) is 11.6. The largest absolute Gasteiger partial charge is 0.507 e. The van der Waals surface area contributed by atoms with Crippen LogP contribution in [0.1, 0.15) is 26.3 Å². The van der Waals surface area contributed by atoms with E-state index in [0.29, 0.717) is 11.3 Å². The number of aliphatic hydroxyl groups excluding tert-OH is 5. The first kappa shape index (κ1) is 33.6. The third-order valence-corrected chi connectivity index (χ3v) is 8.01. The van der Waals surface area contributed by atoms with E-state index >= 15 is 0 Å². The molecule has 14 heteroatoms. The molecule has 2 saturated heterocycles. The minimum absolute atomic E-state index is 0.0920. The van der Waals surface area contributed by atoms with Gasteiger partial charge >= 0.3 is 0 Å². The number of phenolic OH excluding ortho intramolecular Hbond substituents is 2. The Balaban J connectivity index is 1.65. The number of fused-ring (bicyclic) bond motifs is 1. The summed E-state index contributed by atoms with van der Waals surface area (Å²) >= 11 is 0. The standard InChI is InChI=1S/C32H38O14/c1-13(2)5-10-17-18(33)11-19(34)21-24(38)29(27(44-28(17)21)15-6-8-16(41-4)9-7-15)45-32-30(25(39)22(36)14(3)43-32)46-31-26(40)23(37)20(35)12-42-31/h5-9,11,14,20,22-23,25-26,30-37,39-40H,10,12H2,1-4H3. The summed E-state index contributed by atoms with van der Waals surface area (Å²) in [5.41, 5.74) is 0.550. The highest BCUT2D eigenvalue weighted by Gasteiger charge is 2.49. The highest BCUT2D eigenvalue weighted by Crippen LogP contribution is 2.40. The van der Waals surface area contributed by atoms with Gasteiger partial charge in [-0.05, 0) is 51.5 Å². The Hall–Kier alpha value is -3.73. The fourth-order valence-electron chi connectivity index (χ4n) is 5.32. The molecule has 2 aromatic carbocycles. The van der Waals surface area contributed by atoms with Crippen LogP contribution in [0.4, 0.5) is 0 Å². The van der Waals surface area contributed by atoms with Crippen molar-refractivity contribution in [1.29, 1.82) is 0 Å². The molecule has 250 valence electrons. The maximum atomic E-state index is 14.2. The Labute approximate surface area is 263 Å². The first-order valence-corrected chi connectivity index (χ1v) is 14.6. The van der Waals surface area contributed by atoms with E-state index in [9.17, 15) is 40.5 Å². The molecule has 0 aliphatic carbocycles. The average Bonchev–Trinajstić information content (AvgIpc) is 3.02. The zero-order valence-electron chi connectivity index (χ0n) is 25.6. The van der Waals surface area contributed by atoms with Crippen LogP contribution in [0, 0.1) is 0 Å². The number of aromatic hydroxyl groups is 2. The molecule has 14 nitrogen and oxygen atoms in total. The van der Waals surface area contributed by atoms with Gasteiger partial charge in [0.2, 0.25) is 17.5 Å². The number of allylic oxidation sites excluding steroid dienone is 2. The fraction of sp³-hybridized carbons (Fsp3) is 0.469. The van der Waals surface area contributed by atoms with E-state index in [1.54, 1.807) is 24.3 Å². The summed E-state index contributed by atoms with van der Waals surface area (Å²) in [6, 6.07) is 7.42. The van der Waals surface area contributed by atoms with E-state index in [4.69, 9.17) is 28.1 Å². The number of benzene rings is 2. The van der Waals surface area contributed by atoms with Crippen LogP contribution in [-0.2, 0) is 20.6 Å². The van der Waals surface area contributed by atoms with Gasteiger partial charge in [0.05, 0.1) is 19.8 Å². The van der Waals surface area contributed by atoms with E-state index in [1.807, 2.05) is 19.9 Å². The minimum atomic E-state index is -1.75. The Morgan fingerprint density at radius 3 is 2.30 bits per heavy atom. The molecule has 9 unspecified atom stereocenters. The van der Waals surface area contributed by atoms with Gasteiger partial charge in [0.1, 0.15) is 58.7 Å². The van der Waals surface area contributed by atoms with E-state index in [0.717, 1.165) is 11.6 Å². The summed E-state index contributed by atoms with van der Waals surface area (Å²) in [7, 11) is 1.48. The Morgan fingerprint density at radius 1 is 0.957 bits per heavy atom. The van der Waals surface area contributed by atoms with E-state index in [2.05, 4.69) is 0 Å². The van der Waals surface area contributed by atoms with Crippen molar-refractivity contribution >= 4 is 11.0 Å². The quantitative estimate of drug-likeness (QED) is 0.170. The zero-order chi connectivity index (χ0) is 33.4. The third-order valence-electron chi connectivity index (χ3n) is 8.01. The Kier molecular flexibility index (Phi) is 9.91. The molecular formula is C32H38O14. The summed E-state index contributed by atoms with van der Waals surface area (Å²) in [6.07, 6.45) is -11.9. The monoisotopic (exact) mass is 646 g/mol. The highest BCUT2D eigenvalue weighted by atomic mass is 16.8. The Bertz CT molecular complexity index is 1630. The van der Waals surface area contributed by atoms with Crippen molar-refractivity contribution in [1.82, 2.24) is 0 Å². The van der Waals surface area contributed by atoms with Crippen LogP contribution >= 0.6 is 0 Å². The predicted molar refractivity (Wildman–Crippen MR) is 161 cm³/mol. The molecule has 0 radical (unpaired) electrons. The number of hydrogen-bond acceptors (Lipinski definition) is 14. The maximum absolute atomic E-state index is 14.2. The van der Waals surface area contributed by atoms with Gasteiger partial charge in [0, 0.05) is 17.2 Å². The van der Waals surface area contributed by atoms with Crippen LogP contribution in [-0.4, -0.2) is 105 Å². The molecule has 3 heterocycles. The summed E-state index contributed by atoms with van der Waals surface area (Å²) in [4.78, 5) is 14.2. The molecule has 2 aliphatic rings. The second kappa shape index (κ2) is 13.6. The van der Waals surface area contributed by atoms with Gasteiger partial charge in [0.25, 0.3) is 0 Å². The number of methoxy groups -OCH3 is 1.